The summed E-state index contributed by atoms with van der Waals surface area (Å²) in [5.41, 5.74) is 1.30. The number of rotatable bonds is 2. The summed E-state index contributed by atoms with van der Waals surface area (Å²) in [7, 11) is 0. The zero-order valence-electron chi connectivity index (χ0n) is 10.2. The van der Waals surface area contributed by atoms with Gasteiger partial charge >= 0.3 is 0 Å². The van der Waals surface area contributed by atoms with Crippen molar-refractivity contribution in [1.82, 2.24) is 0 Å². The first kappa shape index (κ1) is 12.6. The van der Waals surface area contributed by atoms with Gasteiger partial charge in [-0.05, 0) is 55.6 Å². The lowest BCUT2D eigenvalue weighted by molar-refractivity contribution is 0.559. The van der Waals surface area contributed by atoms with Crippen LogP contribution >= 0.6 is 0 Å². The van der Waals surface area contributed by atoms with Crippen molar-refractivity contribution in [2.24, 2.45) is 0 Å². The highest BCUT2D eigenvalue weighted by Gasteiger charge is 2.27. The van der Waals surface area contributed by atoms with Gasteiger partial charge in [0.05, 0.1) is 0 Å². The number of hydrogen-bond acceptors (Lipinski definition) is 1. The summed E-state index contributed by atoms with van der Waals surface area (Å²) >= 11 is -0.922. The average Bonchev–Trinajstić information content (AvgIpc) is 2.15. The molecule has 84 valence electrons. The third kappa shape index (κ3) is 3.25. The van der Waals surface area contributed by atoms with E-state index in [2.05, 4.69) is 26.0 Å². The molecule has 0 aromatic heterocycles. The van der Waals surface area contributed by atoms with Gasteiger partial charge in [0.25, 0.3) is 0 Å². The molecule has 1 aromatic carbocycles. The zero-order chi connectivity index (χ0) is 11.6. The monoisotopic (exact) mass is 224 g/mol. The summed E-state index contributed by atoms with van der Waals surface area (Å²) in [4.78, 5) is 0.923. The minimum Gasteiger partial charge on any atom is -0.611 e. The highest BCUT2D eigenvalue weighted by atomic mass is 32.2. The Balaban J connectivity index is 2.89. The second kappa shape index (κ2) is 4.58. The van der Waals surface area contributed by atoms with Crippen LogP contribution in [-0.2, 0) is 11.2 Å². The molecule has 0 saturated carbocycles. The average molecular weight is 224 g/mol. The maximum absolute atomic E-state index is 12.1. The lowest BCUT2D eigenvalue weighted by Gasteiger charge is -2.24. The van der Waals surface area contributed by atoms with E-state index < -0.39 is 11.2 Å². The fourth-order valence-electron chi connectivity index (χ4n) is 1.33. The molecule has 0 unspecified atom stereocenters. The van der Waals surface area contributed by atoms with Crippen molar-refractivity contribution in [2.45, 2.75) is 50.2 Å². The minimum atomic E-state index is -0.922. The smallest absolute Gasteiger partial charge is 0.153 e. The summed E-state index contributed by atoms with van der Waals surface area (Å²) in [6.07, 6.45) is 0. The van der Waals surface area contributed by atoms with Crippen LogP contribution in [-0.4, -0.2) is 9.30 Å². The first-order chi connectivity index (χ1) is 6.82. The van der Waals surface area contributed by atoms with E-state index >= 15 is 0 Å². The highest BCUT2D eigenvalue weighted by Crippen LogP contribution is 2.26. The Kier molecular flexibility index (Phi) is 3.85. The molecule has 15 heavy (non-hydrogen) atoms. The Labute approximate surface area is 96.1 Å². The molecule has 0 heterocycles. The van der Waals surface area contributed by atoms with E-state index in [4.69, 9.17) is 0 Å². The quantitative estimate of drug-likeness (QED) is 0.702. The van der Waals surface area contributed by atoms with Crippen molar-refractivity contribution in [2.75, 3.05) is 0 Å². The van der Waals surface area contributed by atoms with Gasteiger partial charge in [0.2, 0.25) is 0 Å². The fourth-order valence-corrected chi connectivity index (χ4v) is 2.42. The van der Waals surface area contributed by atoms with Crippen LogP contribution in [0.15, 0.2) is 29.2 Å². The van der Waals surface area contributed by atoms with Gasteiger partial charge in [-0.1, -0.05) is 26.0 Å². The normalized spacial score (nSPS) is 14.3. The number of benzene rings is 1. The molecule has 0 aliphatic heterocycles. The van der Waals surface area contributed by atoms with Gasteiger partial charge in [-0.15, -0.1) is 0 Å². The second-order valence-corrected chi connectivity index (χ2v) is 7.34. The highest BCUT2D eigenvalue weighted by molar-refractivity contribution is 7.92. The van der Waals surface area contributed by atoms with Crippen LogP contribution in [0.1, 0.15) is 46.1 Å². The zero-order valence-corrected chi connectivity index (χ0v) is 11.0. The Morgan fingerprint density at radius 1 is 1.07 bits per heavy atom. The van der Waals surface area contributed by atoms with Crippen LogP contribution in [0, 0.1) is 0 Å². The van der Waals surface area contributed by atoms with Gasteiger partial charge in [-0.2, -0.15) is 0 Å². The predicted octanol–water partition coefficient (Wildman–Crippen LogP) is 3.72. The van der Waals surface area contributed by atoms with Crippen molar-refractivity contribution in [3.8, 4) is 0 Å². The summed E-state index contributed by atoms with van der Waals surface area (Å²) in [5, 5.41) is 0. The maximum atomic E-state index is 12.1. The summed E-state index contributed by atoms with van der Waals surface area (Å²) in [5.74, 6) is 0.530. The SMILES string of the molecule is CC(C)c1ccc([S@@+]([O-])C(C)(C)C)cc1. The lowest BCUT2D eigenvalue weighted by atomic mass is 10.0. The predicted molar refractivity (Wildman–Crippen MR) is 66.7 cm³/mol. The van der Waals surface area contributed by atoms with Crippen LogP contribution in [0.25, 0.3) is 0 Å². The Hall–Kier alpha value is -0.470. The van der Waals surface area contributed by atoms with Gasteiger partial charge in [-0.3, -0.25) is 0 Å². The van der Waals surface area contributed by atoms with Gasteiger partial charge in [-0.25, -0.2) is 0 Å². The molecule has 1 atom stereocenters. The molecule has 0 fully saturated rings. The Bertz CT molecular complexity index is 308. The summed E-state index contributed by atoms with van der Waals surface area (Å²) in [6.45, 7) is 10.3. The lowest BCUT2D eigenvalue weighted by Crippen LogP contribution is -2.27. The van der Waals surface area contributed by atoms with Crippen LogP contribution in [0.4, 0.5) is 0 Å². The molecule has 1 nitrogen and oxygen atoms in total. The molecule has 1 rings (SSSR count). The van der Waals surface area contributed by atoms with Gasteiger partial charge in [0.15, 0.2) is 4.90 Å². The van der Waals surface area contributed by atoms with E-state index in [0.717, 1.165) is 4.90 Å². The van der Waals surface area contributed by atoms with Gasteiger partial charge in [0.1, 0.15) is 4.75 Å². The molecule has 1 aromatic rings. The summed E-state index contributed by atoms with van der Waals surface area (Å²) < 4.78 is 11.9. The molecule has 0 aliphatic rings. The maximum Gasteiger partial charge on any atom is 0.153 e. The number of hydrogen-bond donors (Lipinski definition) is 0. The molecule has 0 saturated heterocycles. The fraction of sp³-hybridized carbons (Fsp3) is 0.538. The first-order valence-corrected chi connectivity index (χ1v) is 6.49. The van der Waals surface area contributed by atoms with Crippen LogP contribution in [0.2, 0.25) is 0 Å². The molecule has 0 spiro atoms. The Morgan fingerprint density at radius 2 is 1.53 bits per heavy atom. The molecular weight excluding hydrogens is 204 g/mol. The van der Waals surface area contributed by atoms with E-state index in [1.807, 2.05) is 32.9 Å². The molecule has 0 aliphatic carbocycles. The van der Waals surface area contributed by atoms with E-state index in [1.54, 1.807) is 0 Å². The molecule has 0 amide bonds. The van der Waals surface area contributed by atoms with E-state index in [-0.39, 0.29) is 4.75 Å². The van der Waals surface area contributed by atoms with Crippen molar-refractivity contribution >= 4 is 11.2 Å². The van der Waals surface area contributed by atoms with Crippen molar-refractivity contribution < 1.29 is 4.55 Å². The van der Waals surface area contributed by atoms with E-state index in [1.165, 1.54) is 5.56 Å². The van der Waals surface area contributed by atoms with Gasteiger partial charge < -0.3 is 4.55 Å². The third-order valence-electron chi connectivity index (χ3n) is 2.32. The van der Waals surface area contributed by atoms with Crippen molar-refractivity contribution in [3.63, 3.8) is 0 Å². The van der Waals surface area contributed by atoms with Crippen LogP contribution in [0.5, 0.6) is 0 Å². The summed E-state index contributed by atoms with van der Waals surface area (Å²) in [6, 6.07) is 8.11. The van der Waals surface area contributed by atoms with Gasteiger partial charge in [0, 0.05) is 0 Å². The van der Waals surface area contributed by atoms with Crippen molar-refractivity contribution in [1.29, 1.82) is 0 Å². The topological polar surface area (TPSA) is 23.1 Å². The molecular formula is C13H20OS. The standard InChI is InChI=1S/C13H20OS/c1-10(2)11-6-8-12(9-7-11)15(14)13(3,4)5/h6-10H,1-5H3/t15-/m1/s1. The molecule has 0 radical (unpaired) electrons. The molecule has 2 heteroatoms. The minimum absolute atomic E-state index is 0.181. The van der Waals surface area contributed by atoms with E-state index in [9.17, 15) is 4.55 Å². The first-order valence-electron chi connectivity index (χ1n) is 5.34. The van der Waals surface area contributed by atoms with Crippen LogP contribution in [0.3, 0.4) is 0 Å². The van der Waals surface area contributed by atoms with Crippen molar-refractivity contribution in [3.05, 3.63) is 29.8 Å². The third-order valence-corrected chi connectivity index (χ3v) is 4.13. The van der Waals surface area contributed by atoms with Crippen LogP contribution < -0.4 is 0 Å². The molecule has 0 N–H and O–H groups in total. The Morgan fingerprint density at radius 3 is 1.87 bits per heavy atom. The molecule has 0 bridgehead atoms. The van der Waals surface area contributed by atoms with E-state index in [0.29, 0.717) is 5.92 Å². The largest absolute Gasteiger partial charge is 0.611 e. The second-order valence-electron chi connectivity index (χ2n) is 5.10.